The molecule has 1 fully saturated rings. The number of nitrogens with zero attached hydrogens (tertiary/aromatic N) is 2. The lowest BCUT2D eigenvalue weighted by Crippen LogP contribution is -2.39. The van der Waals surface area contributed by atoms with Gasteiger partial charge in [-0.2, -0.15) is 0 Å². The van der Waals surface area contributed by atoms with Crippen LogP contribution in [0.2, 0.25) is 0 Å². The first-order valence-electron chi connectivity index (χ1n) is 6.61. The van der Waals surface area contributed by atoms with Crippen LogP contribution in [0, 0.1) is 10.1 Å². The van der Waals surface area contributed by atoms with E-state index in [2.05, 4.69) is 36.5 Å². The number of aryl methyl sites for hydroxylation is 1. The summed E-state index contributed by atoms with van der Waals surface area (Å²) in [5, 5.41) is 13.7. The molecule has 1 aromatic rings. The van der Waals surface area contributed by atoms with Crippen LogP contribution in [0.5, 0.6) is 0 Å². The van der Waals surface area contributed by atoms with E-state index in [0.29, 0.717) is 12.4 Å². The Hall–Kier alpha value is -2.04. The van der Waals surface area contributed by atoms with Crippen molar-refractivity contribution in [2.24, 2.45) is 0 Å². The number of benzene rings is 1. The summed E-state index contributed by atoms with van der Waals surface area (Å²) in [6, 6.07) is 8.42. The molecule has 5 nitrogen and oxygen atoms in total. The fourth-order valence-corrected chi connectivity index (χ4v) is 2.21. The van der Waals surface area contributed by atoms with Crippen molar-refractivity contribution in [1.29, 1.82) is 0 Å². The molecule has 1 aliphatic rings. The maximum Gasteiger partial charge on any atom is 0.274 e. The van der Waals surface area contributed by atoms with Crippen molar-refractivity contribution in [3.05, 3.63) is 57.5 Å². The van der Waals surface area contributed by atoms with Gasteiger partial charge < -0.3 is 10.2 Å². The molecule has 0 unspecified atom stereocenters. The zero-order valence-electron chi connectivity index (χ0n) is 11.1. The molecule has 1 saturated heterocycles. The van der Waals surface area contributed by atoms with Crippen LogP contribution in [-0.2, 0) is 13.0 Å². The van der Waals surface area contributed by atoms with Gasteiger partial charge in [-0.3, -0.25) is 10.1 Å². The highest BCUT2D eigenvalue weighted by Crippen LogP contribution is 2.14. The van der Waals surface area contributed by atoms with Crippen molar-refractivity contribution in [2.45, 2.75) is 26.3 Å². The van der Waals surface area contributed by atoms with Crippen molar-refractivity contribution in [2.75, 3.05) is 13.1 Å². The highest BCUT2D eigenvalue weighted by molar-refractivity contribution is 5.23. The third-order valence-corrected chi connectivity index (χ3v) is 3.28. The molecule has 1 N–H and O–H groups in total. The fourth-order valence-electron chi connectivity index (χ4n) is 2.21. The van der Waals surface area contributed by atoms with Crippen LogP contribution >= 0.6 is 0 Å². The van der Waals surface area contributed by atoms with Crippen LogP contribution in [0.15, 0.2) is 36.3 Å². The summed E-state index contributed by atoms with van der Waals surface area (Å²) in [5.41, 5.74) is 2.48. The molecule has 0 bridgehead atoms. The molecule has 5 heteroatoms. The first-order chi connectivity index (χ1) is 9.19. The lowest BCUT2D eigenvalue weighted by molar-refractivity contribution is -0.405. The van der Waals surface area contributed by atoms with Crippen molar-refractivity contribution in [3.8, 4) is 0 Å². The second kappa shape index (κ2) is 6.22. The van der Waals surface area contributed by atoms with Crippen molar-refractivity contribution in [1.82, 2.24) is 10.2 Å². The summed E-state index contributed by atoms with van der Waals surface area (Å²) in [6.07, 6.45) is 3.08. The fraction of sp³-hybridized carbons (Fsp3) is 0.429. The molecule has 102 valence electrons. The van der Waals surface area contributed by atoms with Crippen LogP contribution in [0.1, 0.15) is 24.5 Å². The first kappa shape index (κ1) is 13.4. The van der Waals surface area contributed by atoms with E-state index in [-0.39, 0.29) is 0 Å². The molecule has 2 rings (SSSR count). The van der Waals surface area contributed by atoms with E-state index in [1.54, 1.807) is 0 Å². The van der Waals surface area contributed by atoms with Crippen LogP contribution in [0.4, 0.5) is 0 Å². The summed E-state index contributed by atoms with van der Waals surface area (Å²) in [6.45, 7) is 4.48. The molecule has 0 amide bonds. The highest BCUT2D eigenvalue weighted by Gasteiger charge is 2.17. The molecule has 1 heterocycles. The SMILES string of the molecule is CCc1ccc(CN2CCCNC2=C[N+](=O)[O-])cc1. The molecular weight excluding hydrogens is 242 g/mol. The second-order valence-corrected chi connectivity index (χ2v) is 4.67. The van der Waals surface area contributed by atoms with Gasteiger partial charge in [-0.25, -0.2) is 0 Å². The van der Waals surface area contributed by atoms with Gasteiger partial charge in [0.2, 0.25) is 0 Å². The van der Waals surface area contributed by atoms with Gasteiger partial charge in [-0.1, -0.05) is 31.2 Å². The molecule has 0 atom stereocenters. The number of nitro groups is 1. The monoisotopic (exact) mass is 261 g/mol. The van der Waals surface area contributed by atoms with Crippen LogP contribution < -0.4 is 5.32 Å². The van der Waals surface area contributed by atoms with E-state index in [0.717, 1.165) is 32.1 Å². The van der Waals surface area contributed by atoms with E-state index < -0.39 is 4.92 Å². The Labute approximate surface area is 113 Å². The normalized spacial score (nSPS) is 17.3. The quantitative estimate of drug-likeness (QED) is 0.666. The van der Waals surface area contributed by atoms with Gasteiger partial charge in [0, 0.05) is 19.6 Å². The minimum atomic E-state index is -0.402. The molecule has 0 radical (unpaired) electrons. The Morgan fingerprint density at radius 2 is 2.05 bits per heavy atom. The van der Waals surface area contributed by atoms with E-state index in [1.165, 1.54) is 11.1 Å². The summed E-state index contributed by atoms with van der Waals surface area (Å²) < 4.78 is 0. The topological polar surface area (TPSA) is 58.4 Å². The Kier molecular flexibility index (Phi) is 4.39. The molecule has 1 aliphatic heterocycles. The average Bonchev–Trinajstić information content (AvgIpc) is 2.41. The lowest BCUT2D eigenvalue weighted by atomic mass is 10.1. The predicted molar refractivity (Wildman–Crippen MR) is 73.9 cm³/mol. The summed E-state index contributed by atoms with van der Waals surface area (Å²) >= 11 is 0. The van der Waals surface area contributed by atoms with Gasteiger partial charge in [0.05, 0.1) is 4.92 Å². The maximum absolute atomic E-state index is 10.6. The van der Waals surface area contributed by atoms with E-state index in [4.69, 9.17) is 0 Å². The maximum atomic E-state index is 10.6. The molecule has 0 aliphatic carbocycles. The number of hydrogen-bond acceptors (Lipinski definition) is 4. The number of nitrogens with one attached hydrogen (secondary N) is 1. The summed E-state index contributed by atoms with van der Waals surface area (Å²) in [7, 11) is 0. The molecule has 0 saturated carbocycles. The average molecular weight is 261 g/mol. The van der Waals surface area contributed by atoms with Gasteiger partial charge >= 0.3 is 0 Å². The molecule has 1 aromatic carbocycles. The van der Waals surface area contributed by atoms with Crippen LogP contribution in [-0.4, -0.2) is 22.9 Å². The lowest BCUT2D eigenvalue weighted by Gasteiger charge is -2.30. The zero-order chi connectivity index (χ0) is 13.7. The number of hydrogen-bond donors (Lipinski definition) is 1. The van der Waals surface area contributed by atoms with Crippen molar-refractivity contribution >= 4 is 0 Å². The standard InChI is InChI=1S/C14H19N3O2/c1-2-12-4-6-13(7-5-12)10-16-9-3-8-15-14(16)11-17(18)19/h4-7,11,15H,2-3,8-10H2,1H3. The Bertz CT molecular complexity index is 468. The first-order valence-corrected chi connectivity index (χ1v) is 6.61. The van der Waals surface area contributed by atoms with Crippen LogP contribution in [0.25, 0.3) is 0 Å². The molecule has 0 aromatic heterocycles. The molecule has 19 heavy (non-hydrogen) atoms. The van der Waals surface area contributed by atoms with Crippen LogP contribution in [0.3, 0.4) is 0 Å². The van der Waals surface area contributed by atoms with Crippen molar-refractivity contribution < 1.29 is 4.92 Å². The van der Waals surface area contributed by atoms with E-state index in [9.17, 15) is 10.1 Å². The van der Waals surface area contributed by atoms with Gasteiger partial charge in [-0.05, 0) is 24.0 Å². The highest BCUT2D eigenvalue weighted by atomic mass is 16.6. The molecular formula is C14H19N3O2. The smallest absolute Gasteiger partial charge is 0.274 e. The third-order valence-electron chi connectivity index (χ3n) is 3.28. The minimum absolute atomic E-state index is 0.402. The van der Waals surface area contributed by atoms with E-state index >= 15 is 0 Å². The zero-order valence-corrected chi connectivity index (χ0v) is 11.1. The van der Waals surface area contributed by atoms with Gasteiger partial charge in [0.15, 0.2) is 5.82 Å². The predicted octanol–water partition coefficient (Wildman–Crippen LogP) is 2.12. The van der Waals surface area contributed by atoms with Gasteiger partial charge in [0.1, 0.15) is 0 Å². The van der Waals surface area contributed by atoms with Crippen molar-refractivity contribution in [3.63, 3.8) is 0 Å². The van der Waals surface area contributed by atoms with Gasteiger partial charge in [0.25, 0.3) is 6.20 Å². The van der Waals surface area contributed by atoms with Gasteiger partial charge in [-0.15, -0.1) is 0 Å². The second-order valence-electron chi connectivity index (χ2n) is 4.67. The Balaban J connectivity index is 2.08. The summed E-state index contributed by atoms with van der Waals surface area (Å²) in [4.78, 5) is 12.2. The minimum Gasteiger partial charge on any atom is -0.367 e. The summed E-state index contributed by atoms with van der Waals surface area (Å²) in [5.74, 6) is 0.607. The largest absolute Gasteiger partial charge is 0.367 e. The number of rotatable bonds is 4. The Morgan fingerprint density at radius 3 is 2.68 bits per heavy atom. The molecule has 0 spiro atoms. The Morgan fingerprint density at radius 1 is 1.37 bits per heavy atom. The van der Waals surface area contributed by atoms with E-state index in [1.807, 2.05) is 4.90 Å². The third kappa shape index (κ3) is 3.71.